The Hall–Kier alpha value is -2.43. The van der Waals surface area contributed by atoms with Crippen LogP contribution in [0.4, 0.5) is 0 Å². The van der Waals surface area contributed by atoms with Gasteiger partial charge < -0.3 is 4.74 Å². The molecule has 22 heavy (non-hydrogen) atoms. The normalized spacial score (nSPS) is 10.5. The molecule has 0 aliphatic rings. The SMILES string of the molecule is CCCOc1cccc(-c2cc(C(C)=O)c(=O)n(CC)n2)c1. The fourth-order valence-corrected chi connectivity index (χ4v) is 2.11. The molecule has 0 fully saturated rings. The molecule has 2 rings (SSSR count). The van der Waals surface area contributed by atoms with Crippen molar-refractivity contribution in [3.05, 3.63) is 46.2 Å². The Kier molecular flexibility index (Phi) is 5.09. The van der Waals surface area contributed by atoms with Crippen LogP contribution in [-0.2, 0) is 6.54 Å². The van der Waals surface area contributed by atoms with Gasteiger partial charge in [0, 0.05) is 12.1 Å². The van der Waals surface area contributed by atoms with Crippen LogP contribution in [-0.4, -0.2) is 22.2 Å². The van der Waals surface area contributed by atoms with E-state index in [-0.39, 0.29) is 16.9 Å². The first-order valence-corrected chi connectivity index (χ1v) is 7.43. The Morgan fingerprint density at radius 3 is 2.68 bits per heavy atom. The monoisotopic (exact) mass is 300 g/mol. The number of aryl methyl sites for hydroxylation is 1. The molecule has 0 amide bonds. The van der Waals surface area contributed by atoms with Crippen molar-refractivity contribution in [2.45, 2.75) is 33.7 Å². The fraction of sp³-hybridized carbons (Fsp3) is 0.353. The number of carbonyl (C=O) groups excluding carboxylic acids is 1. The third-order valence-electron chi connectivity index (χ3n) is 3.26. The van der Waals surface area contributed by atoms with Crippen LogP contribution >= 0.6 is 0 Å². The maximum Gasteiger partial charge on any atom is 0.277 e. The maximum absolute atomic E-state index is 12.1. The van der Waals surface area contributed by atoms with E-state index < -0.39 is 0 Å². The average Bonchev–Trinajstić information content (AvgIpc) is 2.53. The zero-order valence-corrected chi connectivity index (χ0v) is 13.1. The molecule has 116 valence electrons. The van der Waals surface area contributed by atoms with Gasteiger partial charge in [0.2, 0.25) is 0 Å². The standard InChI is InChI=1S/C17H20N2O3/c1-4-9-22-14-8-6-7-13(10-14)16-11-15(12(3)20)17(21)19(5-2)18-16/h6-8,10-11H,4-5,9H2,1-3H3. The molecule has 0 radical (unpaired) electrons. The van der Waals surface area contributed by atoms with Crippen LogP contribution in [0.15, 0.2) is 35.1 Å². The second-order valence-electron chi connectivity index (χ2n) is 5.00. The number of carbonyl (C=O) groups is 1. The lowest BCUT2D eigenvalue weighted by atomic mass is 10.1. The summed E-state index contributed by atoms with van der Waals surface area (Å²) in [5, 5.41) is 4.32. The van der Waals surface area contributed by atoms with Crippen LogP contribution in [0, 0.1) is 0 Å². The van der Waals surface area contributed by atoms with Crippen LogP contribution in [0.1, 0.15) is 37.6 Å². The van der Waals surface area contributed by atoms with Crippen LogP contribution in [0.3, 0.4) is 0 Å². The largest absolute Gasteiger partial charge is 0.494 e. The van der Waals surface area contributed by atoms with Crippen LogP contribution in [0.2, 0.25) is 0 Å². The summed E-state index contributed by atoms with van der Waals surface area (Å²) < 4.78 is 6.92. The molecular formula is C17H20N2O3. The van der Waals surface area contributed by atoms with Gasteiger partial charge in [-0.25, -0.2) is 4.68 Å². The van der Waals surface area contributed by atoms with Crippen molar-refractivity contribution in [3.63, 3.8) is 0 Å². The summed E-state index contributed by atoms with van der Waals surface area (Å²) in [6.45, 7) is 6.31. The van der Waals surface area contributed by atoms with E-state index in [0.717, 1.165) is 17.7 Å². The zero-order chi connectivity index (χ0) is 16.1. The summed E-state index contributed by atoms with van der Waals surface area (Å²) in [6, 6.07) is 9.05. The van der Waals surface area contributed by atoms with Crippen molar-refractivity contribution in [2.75, 3.05) is 6.61 Å². The van der Waals surface area contributed by atoms with Gasteiger partial charge in [-0.1, -0.05) is 19.1 Å². The lowest BCUT2D eigenvalue weighted by Crippen LogP contribution is -2.27. The Bertz CT molecular complexity index is 735. The summed E-state index contributed by atoms with van der Waals surface area (Å²) in [6.07, 6.45) is 0.928. The minimum absolute atomic E-state index is 0.159. The van der Waals surface area contributed by atoms with Gasteiger partial charge in [-0.2, -0.15) is 5.10 Å². The molecular weight excluding hydrogens is 280 g/mol. The highest BCUT2D eigenvalue weighted by atomic mass is 16.5. The predicted molar refractivity (Wildman–Crippen MR) is 85.4 cm³/mol. The van der Waals surface area contributed by atoms with E-state index in [1.807, 2.05) is 38.1 Å². The summed E-state index contributed by atoms with van der Waals surface area (Å²) >= 11 is 0. The van der Waals surface area contributed by atoms with Crippen molar-refractivity contribution < 1.29 is 9.53 Å². The summed E-state index contributed by atoms with van der Waals surface area (Å²) in [5.74, 6) is 0.494. The van der Waals surface area contributed by atoms with E-state index in [4.69, 9.17) is 4.74 Å². The van der Waals surface area contributed by atoms with Crippen molar-refractivity contribution in [1.29, 1.82) is 0 Å². The molecule has 1 aromatic carbocycles. The van der Waals surface area contributed by atoms with E-state index in [1.165, 1.54) is 11.6 Å². The molecule has 1 aromatic heterocycles. The molecule has 0 saturated heterocycles. The highest BCUT2D eigenvalue weighted by Crippen LogP contribution is 2.22. The van der Waals surface area contributed by atoms with E-state index in [9.17, 15) is 9.59 Å². The van der Waals surface area contributed by atoms with Gasteiger partial charge in [0.05, 0.1) is 17.9 Å². The number of hydrogen-bond donors (Lipinski definition) is 0. The first-order chi connectivity index (χ1) is 10.6. The Labute approximate surface area is 129 Å². The van der Waals surface area contributed by atoms with Gasteiger partial charge in [0.1, 0.15) is 5.75 Å². The highest BCUT2D eigenvalue weighted by Gasteiger charge is 2.13. The van der Waals surface area contributed by atoms with Crippen LogP contribution in [0.5, 0.6) is 5.75 Å². The topological polar surface area (TPSA) is 61.2 Å². The van der Waals surface area contributed by atoms with E-state index in [0.29, 0.717) is 18.8 Å². The number of benzene rings is 1. The van der Waals surface area contributed by atoms with Gasteiger partial charge in [0.15, 0.2) is 5.78 Å². The van der Waals surface area contributed by atoms with Crippen molar-refractivity contribution >= 4 is 5.78 Å². The van der Waals surface area contributed by atoms with E-state index >= 15 is 0 Å². The van der Waals surface area contributed by atoms with Gasteiger partial charge in [-0.15, -0.1) is 0 Å². The molecule has 5 heteroatoms. The first-order valence-electron chi connectivity index (χ1n) is 7.43. The number of hydrogen-bond acceptors (Lipinski definition) is 4. The smallest absolute Gasteiger partial charge is 0.277 e. The van der Waals surface area contributed by atoms with Crippen molar-refractivity contribution in [1.82, 2.24) is 9.78 Å². The molecule has 5 nitrogen and oxygen atoms in total. The number of rotatable bonds is 6. The van der Waals surface area contributed by atoms with Gasteiger partial charge in [-0.05, 0) is 38.5 Å². The number of aromatic nitrogens is 2. The second kappa shape index (κ2) is 7.02. The van der Waals surface area contributed by atoms with Gasteiger partial charge >= 0.3 is 0 Å². The average molecular weight is 300 g/mol. The summed E-state index contributed by atoms with van der Waals surface area (Å²) in [7, 11) is 0. The molecule has 2 aromatic rings. The summed E-state index contributed by atoms with van der Waals surface area (Å²) in [4.78, 5) is 23.7. The molecule has 0 spiro atoms. The quantitative estimate of drug-likeness (QED) is 0.770. The van der Waals surface area contributed by atoms with Crippen LogP contribution < -0.4 is 10.3 Å². The zero-order valence-electron chi connectivity index (χ0n) is 13.1. The Morgan fingerprint density at radius 1 is 1.27 bits per heavy atom. The molecule has 0 N–H and O–H groups in total. The molecule has 0 atom stereocenters. The minimum atomic E-state index is -0.350. The van der Waals surface area contributed by atoms with E-state index in [1.54, 1.807) is 6.07 Å². The fourth-order valence-electron chi connectivity index (χ4n) is 2.11. The van der Waals surface area contributed by atoms with Gasteiger partial charge in [0.25, 0.3) is 5.56 Å². The maximum atomic E-state index is 12.1. The number of Topliss-reactive ketones (excluding diaryl/α,β-unsaturated/α-hetero) is 1. The van der Waals surface area contributed by atoms with E-state index in [2.05, 4.69) is 5.10 Å². The third kappa shape index (κ3) is 3.42. The lowest BCUT2D eigenvalue weighted by Gasteiger charge is -2.09. The molecule has 0 aliphatic carbocycles. The second-order valence-corrected chi connectivity index (χ2v) is 5.00. The third-order valence-corrected chi connectivity index (χ3v) is 3.26. The lowest BCUT2D eigenvalue weighted by molar-refractivity contribution is 0.101. The highest BCUT2D eigenvalue weighted by molar-refractivity contribution is 5.94. The molecule has 0 saturated carbocycles. The Morgan fingerprint density at radius 2 is 2.05 bits per heavy atom. The number of nitrogens with zero attached hydrogens (tertiary/aromatic N) is 2. The minimum Gasteiger partial charge on any atom is -0.494 e. The molecule has 1 heterocycles. The Balaban J connectivity index is 2.50. The first kappa shape index (κ1) is 15.9. The van der Waals surface area contributed by atoms with Gasteiger partial charge in [-0.3, -0.25) is 9.59 Å². The summed E-state index contributed by atoms with van der Waals surface area (Å²) in [5.41, 5.74) is 1.22. The molecule has 0 unspecified atom stereocenters. The van der Waals surface area contributed by atoms with Crippen molar-refractivity contribution in [2.24, 2.45) is 0 Å². The van der Waals surface area contributed by atoms with Crippen LogP contribution in [0.25, 0.3) is 11.3 Å². The molecule has 0 aliphatic heterocycles. The predicted octanol–water partition coefficient (Wildman–Crippen LogP) is 2.92. The number of ether oxygens (including phenoxy) is 1. The molecule has 0 bridgehead atoms. The van der Waals surface area contributed by atoms with Crippen molar-refractivity contribution in [3.8, 4) is 17.0 Å². The number of ketones is 1.